The first-order chi connectivity index (χ1) is 11.9. The third-order valence-corrected chi connectivity index (χ3v) is 5.20. The Morgan fingerprint density at radius 2 is 1.68 bits per heavy atom. The van der Waals surface area contributed by atoms with Gasteiger partial charge in [0.15, 0.2) is 0 Å². The number of hydrogen-bond donors (Lipinski definition) is 2. The van der Waals surface area contributed by atoms with Crippen LogP contribution in [0.25, 0.3) is 0 Å². The van der Waals surface area contributed by atoms with Crippen LogP contribution in [0.4, 0.5) is 17.2 Å². The van der Waals surface area contributed by atoms with E-state index in [4.69, 9.17) is 23.2 Å². The molecule has 0 atom stereocenters. The van der Waals surface area contributed by atoms with Crippen LogP contribution in [-0.4, -0.2) is 13.4 Å². The van der Waals surface area contributed by atoms with E-state index in [0.29, 0.717) is 21.4 Å². The minimum Gasteiger partial charge on any atom is -0.353 e. The van der Waals surface area contributed by atoms with Gasteiger partial charge in [0.2, 0.25) is 0 Å². The molecule has 1 aromatic heterocycles. The molecule has 0 bridgehead atoms. The van der Waals surface area contributed by atoms with Crippen molar-refractivity contribution in [3.8, 4) is 0 Å². The van der Waals surface area contributed by atoms with Crippen molar-refractivity contribution in [3.05, 3.63) is 76.9 Å². The highest BCUT2D eigenvalue weighted by molar-refractivity contribution is 7.92. The average Bonchev–Trinajstić information content (AvgIpc) is 2.60. The molecule has 0 fully saturated rings. The Morgan fingerprint density at radius 3 is 2.36 bits per heavy atom. The van der Waals surface area contributed by atoms with Gasteiger partial charge in [-0.1, -0.05) is 41.4 Å². The summed E-state index contributed by atoms with van der Waals surface area (Å²) in [5.74, 6) is 0.214. The van der Waals surface area contributed by atoms with Gasteiger partial charge in [-0.2, -0.15) is 0 Å². The SMILES string of the molecule is O=S(=O)(Nc1ccc(Nc2cc(Cl)ccc2Cl)cn1)c1ccccc1. The Balaban J connectivity index is 1.75. The zero-order valence-corrected chi connectivity index (χ0v) is 15.1. The molecule has 0 radical (unpaired) electrons. The summed E-state index contributed by atoms with van der Waals surface area (Å²) in [7, 11) is -3.67. The van der Waals surface area contributed by atoms with E-state index in [1.807, 2.05) is 0 Å². The second-order valence-corrected chi connectivity index (χ2v) is 7.63. The van der Waals surface area contributed by atoms with Gasteiger partial charge >= 0.3 is 0 Å². The molecule has 25 heavy (non-hydrogen) atoms. The van der Waals surface area contributed by atoms with E-state index in [9.17, 15) is 8.42 Å². The van der Waals surface area contributed by atoms with Crippen molar-refractivity contribution < 1.29 is 8.42 Å². The van der Waals surface area contributed by atoms with E-state index in [1.165, 1.54) is 18.3 Å². The van der Waals surface area contributed by atoms with Crippen molar-refractivity contribution in [2.24, 2.45) is 0 Å². The standard InChI is InChI=1S/C17H13Cl2N3O2S/c18-12-6-8-15(19)16(10-12)21-13-7-9-17(20-11-13)22-25(23,24)14-4-2-1-3-5-14/h1-11,21H,(H,20,22). The number of halogens is 2. The van der Waals surface area contributed by atoms with Crippen LogP contribution in [0.2, 0.25) is 10.0 Å². The summed E-state index contributed by atoms with van der Waals surface area (Å²) in [6.07, 6.45) is 1.50. The molecule has 2 aromatic carbocycles. The highest BCUT2D eigenvalue weighted by atomic mass is 35.5. The van der Waals surface area contributed by atoms with E-state index in [0.717, 1.165) is 0 Å². The van der Waals surface area contributed by atoms with E-state index in [-0.39, 0.29) is 10.7 Å². The molecular formula is C17H13Cl2N3O2S. The van der Waals surface area contributed by atoms with Gasteiger partial charge in [0.1, 0.15) is 5.82 Å². The van der Waals surface area contributed by atoms with Gasteiger partial charge in [-0.05, 0) is 42.5 Å². The zero-order valence-electron chi connectivity index (χ0n) is 12.8. The quantitative estimate of drug-likeness (QED) is 0.644. The van der Waals surface area contributed by atoms with Gasteiger partial charge in [-0.3, -0.25) is 4.72 Å². The number of nitrogens with zero attached hydrogens (tertiary/aromatic N) is 1. The highest BCUT2D eigenvalue weighted by Gasteiger charge is 2.14. The normalized spacial score (nSPS) is 11.1. The molecule has 0 aliphatic carbocycles. The summed E-state index contributed by atoms with van der Waals surface area (Å²) in [5.41, 5.74) is 1.28. The topological polar surface area (TPSA) is 71.1 Å². The number of benzene rings is 2. The number of rotatable bonds is 5. The lowest BCUT2D eigenvalue weighted by atomic mass is 10.3. The van der Waals surface area contributed by atoms with Crippen LogP contribution >= 0.6 is 23.2 Å². The van der Waals surface area contributed by atoms with Crippen molar-refractivity contribution >= 4 is 50.4 Å². The molecule has 0 aliphatic rings. The second-order valence-electron chi connectivity index (χ2n) is 5.10. The van der Waals surface area contributed by atoms with Gasteiger partial charge in [-0.15, -0.1) is 0 Å². The lowest BCUT2D eigenvalue weighted by Gasteiger charge is -2.10. The van der Waals surface area contributed by atoms with E-state index in [2.05, 4.69) is 15.0 Å². The van der Waals surface area contributed by atoms with E-state index in [1.54, 1.807) is 48.5 Å². The van der Waals surface area contributed by atoms with Crippen LogP contribution in [0.5, 0.6) is 0 Å². The largest absolute Gasteiger partial charge is 0.353 e. The van der Waals surface area contributed by atoms with E-state index < -0.39 is 10.0 Å². The van der Waals surface area contributed by atoms with Gasteiger partial charge in [0.05, 0.1) is 27.5 Å². The number of sulfonamides is 1. The molecule has 8 heteroatoms. The molecule has 0 spiro atoms. The lowest BCUT2D eigenvalue weighted by Crippen LogP contribution is -2.13. The maximum Gasteiger partial charge on any atom is 0.263 e. The third kappa shape index (κ3) is 4.42. The van der Waals surface area contributed by atoms with Gasteiger partial charge in [-0.25, -0.2) is 13.4 Å². The van der Waals surface area contributed by atoms with Crippen LogP contribution in [0, 0.1) is 0 Å². The first-order valence-electron chi connectivity index (χ1n) is 7.20. The molecule has 0 saturated carbocycles. The minimum absolute atomic E-state index is 0.171. The summed E-state index contributed by atoms with van der Waals surface area (Å²) in [6.45, 7) is 0. The van der Waals surface area contributed by atoms with Crippen LogP contribution in [0.1, 0.15) is 0 Å². The summed E-state index contributed by atoms with van der Waals surface area (Å²) in [5, 5.41) is 4.14. The number of nitrogens with one attached hydrogen (secondary N) is 2. The van der Waals surface area contributed by atoms with Crippen LogP contribution in [0.3, 0.4) is 0 Å². The Morgan fingerprint density at radius 1 is 0.920 bits per heavy atom. The van der Waals surface area contributed by atoms with Crippen LogP contribution in [-0.2, 0) is 10.0 Å². The summed E-state index contributed by atoms with van der Waals surface area (Å²) in [4.78, 5) is 4.28. The summed E-state index contributed by atoms with van der Waals surface area (Å²) in [6, 6.07) is 16.4. The zero-order chi connectivity index (χ0) is 17.9. The second kappa shape index (κ2) is 7.31. The van der Waals surface area contributed by atoms with Crippen molar-refractivity contribution in [2.75, 3.05) is 10.0 Å². The molecular weight excluding hydrogens is 381 g/mol. The molecule has 0 saturated heterocycles. The molecule has 0 amide bonds. The van der Waals surface area contributed by atoms with Gasteiger partial charge in [0.25, 0.3) is 10.0 Å². The van der Waals surface area contributed by atoms with Crippen molar-refractivity contribution in [3.63, 3.8) is 0 Å². The third-order valence-electron chi connectivity index (χ3n) is 3.26. The highest BCUT2D eigenvalue weighted by Crippen LogP contribution is 2.28. The van der Waals surface area contributed by atoms with Gasteiger partial charge < -0.3 is 5.32 Å². The van der Waals surface area contributed by atoms with Crippen molar-refractivity contribution in [2.45, 2.75) is 4.90 Å². The predicted molar refractivity (Wildman–Crippen MR) is 101 cm³/mol. The molecule has 3 aromatic rings. The Bertz CT molecular complexity index is 979. The fourth-order valence-electron chi connectivity index (χ4n) is 2.07. The van der Waals surface area contributed by atoms with Crippen LogP contribution in [0.15, 0.2) is 71.8 Å². The maximum absolute atomic E-state index is 12.3. The Kier molecular flexibility index (Phi) is 5.13. The molecule has 1 heterocycles. The van der Waals surface area contributed by atoms with Crippen LogP contribution < -0.4 is 10.0 Å². The molecule has 0 unspecified atom stereocenters. The number of aromatic nitrogens is 1. The van der Waals surface area contributed by atoms with Crippen molar-refractivity contribution in [1.82, 2.24) is 4.98 Å². The number of hydrogen-bond acceptors (Lipinski definition) is 4. The fraction of sp³-hybridized carbons (Fsp3) is 0. The molecule has 128 valence electrons. The molecule has 2 N–H and O–H groups in total. The lowest BCUT2D eigenvalue weighted by molar-refractivity contribution is 0.601. The molecule has 3 rings (SSSR count). The monoisotopic (exact) mass is 393 g/mol. The first kappa shape index (κ1) is 17.5. The summed E-state index contributed by atoms with van der Waals surface area (Å²) < 4.78 is 27.0. The Labute approximate surface area is 155 Å². The first-order valence-corrected chi connectivity index (χ1v) is 9.44. The molecule has 5 nitrogen and oxygen atoms in total. The average molecular weight is 394 g/mol. The van der Waals surface area contributed by atoms with Gasteiger partial charge in [0, 0.05) is 5.02 Å². The minimum atomic E-state index is -3.67. The van der Waals surface area contributed by atoms with E-state index >= 15 is 0 Å². The predicted octanol–water partition coefficient (Wildman–Crippen LogP) is 4.93. The summed E-state index contributed by atoms with van der Waals surface area (Å²) >= 11 is 12.0. The fourth-order valence-corrected chi connectivity index (χ4v) is 3.44. The smallest absolute Gasteiger partial charge is 0.263 e. The van der Waals surface area contributed by atoms with Crippen molar-refractivity contribution in [1.29, 1.82) is 0 Å². The Hall–Kier alpha value is -2.28. The maximum atomic E-state index is 12.3. The number of pyridine rings is 1. The molecule has 0 aliphatic heterocycles. The number of anilines is 3.